The van der Waals surface area contributed by atoms with Crippen LogP contribution in [-0.4, -0.2) is 59.2 Å². The summed E-state index contributed by atoms with van der Waals surface area (Å²) in [6.07, 6.45) is 2.23. The molecular formula is C17H27N5O3. The highest BCUT2D eigenvalue weighted by Crippen LogP contribution is 2.17. The van der Waals surface area contributed by atoms with Crippen molar-refractivity contribution < 1.29 is 14.3 Å². The molecule has 8 heteroatoms. The van der Waals surface area contributed by atoms with Gasteiger partial charge in [-0.25, -0.2) is 14.8 Å². The topological polar surface area (TPSA) is 96.5 Å². The average molecular weight is 349 g/mol. The third kappa shape index (κ3) is 5.58. The maximum Gasteiger partial charge on any atom is 0.409 e. The third-order valence-electron chi connectivity index (χ3n) is 3.98. The number of amides is 2. The molecule has 0 radical (unpaired) electrons. The first kappa shape index (κ1) is 19.0. The Bertz CT molecular complexity index is 600. The zero-order valence-corrected chi connectivity index (χ0v) is 15.2. The van der Waals surface area contributed by atoms with Gasteiger partial charge in [0.15, 0.2) is 0 Å². The highest BCUT2D eigenvalue weighted by atomic mass is 16.6. The summed E-state index contributed by atoms with van der Waals surface area (Å²) < 4.78 is 5.03. The Kier molecular flexibility index (Phi) is 6.97. The van der Waals surface area contributed by atoms with Crippen molar-refractivity contribution >= 4 is 17.8 Å². The predicted molar refractivity (Wildman–Crippen MR) is 94.6 cm³/mol. The fourth-order valence-electron chi connectivity index (χ4n) is 2.72. The van der Waals surface area contributed by atoms with E-state index < -0.39 is 0 Å². The summed E-state index contributed by atoms with van der Waals surface area (Å²) in [5.41, 5.74) is 0.368. The Labute approximate surface area is 148 Å². The van der Waals surface area contributed by atoms with E-state index in [4.69, 9.17) is 4.74 Å². The number of hydrogen-bond donors (Lipinski definition) is 2. The number of ether oxygens (including phenoxy) is 1. The van der Waals surface area contributed by atoms with Gasteiger partial charge in [-0.05, 0) is 33.1 Å². The van der Waals surface area contributed by atoms with E-state index in [0.717, 1.165) is 19.3 Å². The maximum atomic E-state index is 12.1. The molecule has 25 heavy (non-hydrogen) atoms. The number of piperidine rings is 1. The fourth-order valence-corrected chi connectivity index (χ4v) is 2.72. The molecule has 0 aromatic carbocycles. The molecule has 138 valence electrons. The fraction of sp³-hybridized carbons (Fsp3) is 0.647. The summed E-state index contributed by atoms with van der Waals surface area (Å²) in [5, 5.41) is 6.18. The number of anilines is 1. The summed E-state index contributed by atoms with van der Waals surface area (Å²) in [6, 6.07) is 1.88. The van der Waals surface area contributed by atoms with Crippen LogP contribution >= 0.6 is 0 Å². The number of hydrogen-bond acceptors (Lipinski definition) is 6. The van der Waals surface area contributed by atoms with E-state index in [0.29, 0.717) is 43.6 Å². The Balaban J connectivity index is 1.94. The maximum absolute atomic E-state index is 12.1. The van der Waals surface area contributed by atoms with Crippen molar-refractivity contribution in [3.63, 3.8) is 0 Å². The number of nitrogens with one attached hydrogen (secondary N) is 2. The van der Waals surface area contributed by atoms with Crippen LogP contribution in [0.3, 0.4) is 0 Å². The smallest absolute Gasteiger partial charge is 0.409 e. The van der Waals surface area contributed by atoms with Crippen LogP contribution in [0.2, 0.25) is 0 Å². The number of aryl methyl sites for hydroxylation is 1. The number of rotatable bonds is 6. The molecule has 0 atom stereocenters. The average Bonchev–Trinajstić information content (AvgIpc) is 2.60. The van der Waals surface area contributed by atoms with E-state index in [1.165, 1.54) is 0 Å². The Morgan fingerprint density at radius 2 is 2.00 bits per heavy atom. The number of likely N-dealkylation sites (tertiary alicyclic amines) is 1. The van der Waals surface area contributed by atoms with Crippen LogP contribution in [0, 0.1) is 6.92 Å². The molecule has 0 spiro atoms. The largest absolute Gasteiger partial charge is 0.450 e. The molecule has 2 heterocycles. The molecule has 0 unspecified atom stereocenters. The van der Waals surface area contributed by atoms with Crippen molar-refractivity contribution in [2.75, 3.05) is 31.6 Å². The molecule has 0 bridgehead atoms. The first-order valence-electron chi connectivity index (χ1n) is 8.85. The molecule has 2 rings (SSSR count). The van der Waals surface area contributed by atoms with Crippen LogP contribution < -0.4 is 10.6 Å². The van der Waals surface area contributed by atoms with E-state index in [2.05, 4.69) is 20.6 Å². The quantitative estimate of drug-likeness (QED) is 0.815. The summed E-state index contributed by atoms with van der Waals surface area (Å²) in [7, 11) is 0. The Morgan fingerprint density at radius 3 is 2.64 bits per heavy atom. The summed E-state index contributed by atoms with van der Waals surface area (Å²) >= 11 is 0. The molecule has 1 aromatic rings. The molecule has 1 saturated heterocycles. The van der Waals surface area contributed by atoms with Gasteiger partial charge < -0.3 is 20.3 Å². The molecule has 2 N–H and O–H groups in total. The molecule has 2 amide bonds. The van der Waals surface area contributed by atoms with Gasteiger partial charge >= 0.3 is 6.09 Å². The lowest BCUT2D eigenvalue weighted by Crippen LogP contribution is -2.42. The molecule has 1 aliphatic heterocycles. The number of carbonyl (C=O) groups is 2. The first-order valence-corrected chi connectivity index (χ1v) is 8.85. The van der Waals surface area contributed by atoms with Crippen molar-refractivity contribution in [3.05, 3.63) is 17.6 Å². The van der Waals surface area contributed by atoms with E-state index in [1.54, 1.807) is 24.8 Å². The standard InChI is InChI=1S/C17H27N5O3/c1-4-8-18-16(23)14-11-15(20-12(3)19-14)21-13-6-9-22(10-7-13)17(24)25-5-2/h11,13H,4-10H2,1-3H3,(H,18,23)(H,19,20,21). The second-order valence-electron chi connectivity index (χ2n) is 6.05. The van der Waals surface area contributed by atoms with Gasteiger partial charge in [0, 0.05) is 31.7 Å². The normalized spacial score (nSPS) is 14.9. The van der Waals surface area contributed by atoms with Crippen LogP contribution in [0.4, 0.5) is 10.6 Å². The van der Waals surface area contributed by atoms with Gasteiger partial charge in [-0.1, -0.05) is 6.92 Å². The Hall–Kier alpha value is -2.38. The third-order valence-corrected chi connectivity index (χ3v) is 3.98. The highest BCUT2D eigenvalue weighted by molar-refractivity contribution is 5.92. The SMILES string of the molecule is CCCNC(=O)c1cc(NC2CCN(C(=O)OCC)CC2)nc(C)n1. The van der Waals surface area contributed by atoms with Gasteiger partial charge in [-0.15, -0.1) is 0 Å². The number of carbonyl (C=O) groups excluding carboxylic acids is 2. The monoisotopic (exact) mass is 349 g/mol. The predicted octanol–water partition coefficient (Wildman–Crippen LogP) is 1.96. The van der Waals surface area contributed by atoms with Crippen molar-refractivity contribution in [1.82, 2.24) is 20.2 Å². The zero-order valence-electron chi connectivity index (χ0n) is 15.2. The van der Waals surface area contributed by atoms with Crippen LogP contribution in [0.25, 0.3) is 0 Å². The molecule has 1 aliphatic rings. The van der Waals surface area contributed by atoms with Crippen molar-refractivity contribution in [3.8, 4) is 0 Å². The highest BCUT2D eigenvalue weighted by Gasteiger charge is 2.24. The molecular weight excluding hydrogens is 322 g/mol. The molecule has 1 aromatic heterocycles. The second kappa shape index (κ2) is 9.19. The van der Waals surface area contributed by atoms with Crippen molar-refractivity contribution in [2.45, 2.75) is 46.1 Å². The summed E-state index contributed by atoms with van der Waals surface area (Å²) in [6.45, 7) is 7.87. The van der Waals surface area contributed by atoms with Crippen LogP contribution in [0.15, 0.2) is 6.07 Å². The minimum Gasteiger partial charge on any atom is -0.450 e. The van der Waals surface area contributed by atoms with Gasteiger partial charge in [-0.3, -0.25) is 4.79 Å². The lowest BCUT2D eigenvalue weighted by atomic mass is 10.1. The molecule has 1 fully saturated rings. The molecule has 0 saturated carbocycles. The summed E-state index contributed by atoms with van der Waals surface area (Å²) in [5.74, 6) is 1.01. The van der Waals surface area contributed by atoms with Gasteiger partial charge in [-0.2, -0.15) is 0 Å². The van der Waals surface area contributed by atoms with E-state index in [-0.39, 0.29) is 18.0 Å². The van der Waals surface area contributed by atoms with E-state index >= 15 is 0 Å². The summed E-state index contributed by atoms with van der Waals surface area (Å²) in [4.78, 5) is 34.1. The van der Waals surface area contributed by atoms with Crippen molar-refractivity contribution in [2.24, 2.45) is 0 Å². The van der Waals surface area contributed by atoms with Crippen LogP contribution in [0.5, 0.6) is 0 Å². The van der Waals surface area contributed by atoms with Gasteiger partial charge in [0.05, 0.1) is 6.61 Å². The van der Waals surface area contributed by atoms with E-state index in [1.807, 2.05) is 6.92 Å². The molecule has 8 nitrogen and oxygen atoms in total. The number of nitrogens with zero attached hydrogens (tertiary/aromatic N) is 3. The Morgan fingerprint density at radius 1 is 1.28 bits per heavy atom. The minimum atomic E-state index is -0.256. The van der Waals surface area contributed by atoms with Gasteiger partial charge in [0.2, 0.25) is 0 Å². The number of aromatic nitrogens is 2. The van der Waals surface area contributed by atoms with E-state index in [9.17, 15) is 9.59 Å². The lowest BCUT2D eigenvalue weighted by Gasteiger charge is -2.31. The van der Waals surface area contributed by atoms with Crippen molar-refractivity contribution in [1.29, 1.82) is 0 Å². The zero-order chi connectivity index (χ0) is 18.2. The van der Waals surface area contributed by atoms with Crippen LogP contribution in [-0.2, 0) is 4.74 Å². The lowest BCUT2D eigenvalue weighted by molar-refractivity contribution is 0.0945. The van der Waals surface area contributed by atoms with Crippen LogP contribution in [0.1, 0.15) is 49.4 Å². The van der Waals surface area contributed by atoms with Gasteiger partial charge in [0.1, 0.15) is 17.3 Å². The second-order valence-corrected chi connectivity index (χ2v) is 6.05. The minimum absolute atomic E-state index is 0.187. The van der Waals surface area contributed by atoms with Gasteiger partial charge in [0.25, 0.3) is 5.91 Å². The molecule has 0 aliphatic carbocycles. The first-order chi connectivity index (χ1) is 12.0.